The fourth-order valence-corrected chi connectivity index (χ4v) is 1.63. The van der Waals surface area contributed by atoms with Crippen LogP contribution in [0.1, 0.15) is 31.6 Å². The quantitative estimate of drug-likeness (QED) is 0.775. The highest BCUT2D eigenvalue weighted by atomic mass is 16.5. The van der Waals surface area contributed by atoms with E-state index < -0.39 is 0 Å². The Morgan fingerprint density at radius 1 is 1.53 bits per heavy atom. The molecule has 4 nitrogen and oxygen atoms in total. The highest BCUT2D eigenvalue weighted by Crippen LogP contribution is 2.17. The van der Waals surface area contributed by atoms with Crippen molar-refractivity contribution in [2.75, 3.05) is 14.2 Å². The number of aryl methyl sites for hydroxylation is 1. The molecular formula is C11H21N3O. The Bertz CT molecular complexity index is 285. The van der Waals surface area contributed by atoms with Crippen molar-refractivity contribution in [2.24, 2.45) is 7.05 Å². The normalized spacial score (nSPS) is 15.2. The highest BCUT2D eigenvalue weighted by molar-refractivity contribution is 4.98. The third-order valence-corrected chi connectivity index (χ3v) is 2.78. The second kappa shape index (κ2) is 5.88. The molecule has 1 aromatic heterocycles. The van der Waals surface area contributed by atoms with Gasteiger partial charge in [0.15, 0.2) is 0 Å². The molecule has 1 N–H and O–H groups in total. The van der Waals surface area contributed by atoms with Crippen LogP contribution in [0.5, 0.6) is 0 Å². The van der Waals surface area contributed by atoms with Crippen molar-refractivity contribution in [3.8, 4) is 0 Å². The minimum Gasteiger partial charge on any atom is -0.382 e. The molecule has 0 aliphatic carbocycles. The topological polar surface area (TPSA) is 39.1 Å². The van der Waals surface area contributed by atoms with E-state index in [0.29, 0.717) is 12.1 Å². The average molecular weight is 211 g/mol. The number of hydrogen-bond donors (Lipinski definition) is 1. The zero-order valence-electron chi connectivity index (χ0n) is 10.0. The van der Waals surface area contributed by atoms with Gasteiger partial charge in [0.25, 0.3) is 0 Å². The Kier molecular flexibility index (Phi) is 4.78. The molecule has 0 radical (unpaired) electrons. The standard InChI is InChI=1S/C11H21N3O/c1-9(15-4)5-6-10(12-2)11-13-7-8-14(11)3/h7-10,12H,5-6H2,1-4H3. The van der Waals surface area contributed by atoms with Crippen molar-refractivity contribution in [1.29, 1.82) is 0 Å². The van der Waals surface area contributed by atoms with Gasteiger partial charge in [-0.1, -0.05) is 0 Å². The summed E-state index contributed by atoms with van der Waals surface area (Å²) in [6.07, 6.45) is 6.19. The van der Waals surface area contributed by atoms with Gasteiger partial charge in [0, 0.05) is 26.6 Å². The lowest BCUT2D eigenvalue weighted by atomic mass is 10.1. The summed E-state index contributed by atoms with van der Waals surface area (Å²) in [6.45, 7) is 2.09. The van der Waals surface area contributed by atoms with Crippen LogP contribution in [-0.4, -0.2) is 29.8 Å². The van der Waals surface area contributed by atoms with Gasteiger partial charge >= 0.3 is 0 Å². The summed E-state index contributed by atoms with van der Waals surface area (Å²) in [6, 6.07) is 0.308. The van der Waals surface area contributed by atoms with Gasteiger partial charge in [-0.25, -0.2) is 4.98 Å². The lowest BCUT2D eigenvalue weighted by Crippen LogP contribution is -2.21. The van der Waals surface area contributed by atoms with Gasteiger partial charge in [-0.2, -0.15) is 0 Å². The number of nitrogens with one attached hydrogen (secondary N) is 1. The van der Waals surface area contributed by atoms with Gasteiger partial charge in [0.05, 0.1) is 12.1 Å². The fraction of sp³-hybridized carbons (Fsp3) is 0.727. The van der Waals surface area contributed by atoms with Gasteiger partial charge in [-0.15, -0.1) is 0 Å². The molecule has 0 saturated heterocycles. The van der Waals surface area contributed by atoms with Crippen LogP contribution in [0, 0.1) is 0 Å². The molecule has 1 heterocycles. The zero-order valence-corrected chi connectivity index (χ0v) is 10.0. The number of nitrogens with zero attached hydrogens (tertiary/aromatic N) is 2. The van der Waals surface area contributed by atoms with Crippen molar-refractivity contribution in [3.05, 3.63) is 18.2 Å². The molecule has 4 heteroatoms. The summed E-state index contributed by atoms with van der Waals surface area (Å²) >= 11 is 0. The molecule has 15 heavy (non-hydrogen) atoms. The van der Waals surface area contributed by atoms with Gasteiger partial charge in [-0.05, 0) is 26.8 Å². The number of aromatic nitrogens is 2. The third-order valence-electron chi connectivity index (χ3n) is 2.78. The molecule has 0 aromatic carbocycles. The smallest absolute Gasteiger partial charge is 0.125 e. The van der Waals surface area contributed by atoms with E-state index in [9.17, 15) is 0 Å². The molecule has 2 atom stereocenters. The van der Waals surface area contributed by atoms with Gasteiger partial charge in [-0.3, -0.25) is 0 Å². The predicted octanol–water partition coefficient (Wildman–Crippen LogP) is 1.50. The van der Waals surface area contributed by atoms with E-state index in [1.165, 1.54) is 0 Å². The molecule has 0 saturated carbocycles. The first kappa shape index (κ1) is 12.2. The van der Waals surface area contributed by atoms with E-state index in [1.807, 2.05) is 26.5 Å². The van der Waals surface area contributed by atoms with Crippen molar-refractivity contribution in [2.45, 2.75) is 31.9 Å². The van der Waals surface area contributed by atoms with E-state index in [2.05, 4.69) is 21.8 Å². The van der Waals surface area contributed by atoms with Crippen molar-refractivity contribution < 1.29 is 4.74 Å². The van der Waals surface area contributed by atoms with Crippen LogP contribution in [0.4, 0.5) is 0 Å². The number of ether oxygens (including phenoxy) is 1. The molecule has 2 unspecified atom stereocenters. The molecule has 0 spiro atoms. The highest BCUT2D eigenvalue weighted by Gasteiger charge is 2.14. The second-order valence-electron chi connectivity index (χ2n) is 3.86. The molecule has 0 aliphatic heterocycles. The van der Waals surface area contributed by atoms with E-state index in [1.54, 1.807) is 7.11 Å². The third kappa shape index (κ3) is 3.32. The number of imidazole rings is 1. The van der Waals surface area contributed by atoms with Crippen molar-refractivity contribution in [3.63, 3.8) is 0 Å². The predicted molar refractivity (Wildman–Crippen MR) is 60.7 cm³/mol. The summed E-state index contributed by atoms with van der Waals surface area (Å²) in [7, 11) is 5.74. The van der Waals surface area contributed by atoms with E-state index in [0.717, 1.165) is 18.7 Å². The summed E-state index contributed by atoms with van der Waals surface area (Å²) in [5.74, 6) is 1.08. The maximum absolute atomic E-state index is 5.24. The van der Waals surface area contributed by atoms with Crippen molar-refractivity contribution in [1.82, 2.24) is 14.9 Å². The molecule has 0 bridgehead atoms. The summed E-state index contributed by atoms with van der Waals surface area (Å²) in [5, 5.41) is 3.29. The second-order valence-corrected chi connectivity index (χ2v) is 3.86. The maximum Gasteiger partial charge on any atom is 0.125 e. The lowest BCUT2D eigenvalue weighted by molar-refractivity contribution is 0.106. The number of hydrogen-bond acceptors (Lipinski definition) is 3. The van der Waals surface area contributed by atoms with Crippen molar-refractivity contribution >= 4 is 0 Å². The zero-order chi connectivity index (χ0) is 11.3. The molecular weight excluding hydrogens is 190 g/mol. The number of methoxy groups -OCH3 is 1. The Balaban J connectivity index is 2.53. The van der Waals surface area contributed by atoms with Crippen LogP contribution >= 0.6 is 0 Å². The van der Waals surface area contributed by atoms with Crippen LogP contribution in [0.15, 0.2) is 12.4 Å². The molecule has 0 aliphatic rings. The molecule has 1 rings (SSSR count). The van der Waals surface area contributed by atoms with E-state index >= 15 is 0 Å². The monoisotopic (exact) mass is 211 g/mol. The summed E-state index contributed by atoms with van der Waals surface area (Å²) in [5.41, 5.74) is 0. The van der Waals surface area contributed by atoms with Gasteiger partial charge in [0.1, 0.15) is 5.82 Å². The van der Waals surface area contributed by atoms with E-state index in [4.69, 9.17) is 4.74 Å². The maximum atomic E-state index is 5.24. The van der Waals surface area contributed by atoms with Crippen LogP contribution in [0.3, 0.4) is 0 Å². The molecule has 86 valence electrons. The van der Waals surface area contributed by atoms with E-state index in [-0.39, 0.29) is 0 Å². The molecule has 1 aromatic rings. The Morgan fingerprint density at radius 3 is 2.73 bits per heavy atom. The first-order valence-electron chi connectivity index (χ1n) is 5.36. The largest absolute Gasteiger partial charge is 0.382 e. The minimum atomic E-state index is 0.307. The first-order chi connectivity index (χ1) is 7.19. The van der Waals surface area contributed by atoms with Gasteiger partial charge < -0.3 is 14.6 Å². The Hall–Kier alpha value is -0.870. The van der Waals surface area contributed by atoms with Gasteiger partial charge in [0.2, 0.25) is 0 Å². The average Bonchev–Trinajstić information content (AvgIpc) is 2.65. The minimum absolute atomic E-state index is 0.307. The summed E-state index contributed by atoms with van der Waals surface area (Å²) in [4.78, 5) is 4.35. The Labute approximate surface area is 91.7 Å². The first-order valence-corrected chi connectivity index (χ1v) is 5.36. The SMILES string of the molecule is CNC(CCC(C)OC)c1nccn1C. The van der Waals surface area contributed by atoms with Crippen LogP contribution in [0.25, 0.3) is 0 Å². The van der Waals surface area contributed by atoms with Crippen LogP contribution in [-0.2, 0) is 11.8 Å². The Morgan fingerprint density at radius 2 is 2.27 bits per heavy atom. The summed E-state index contributed by atoms with van der Waals surface area (Å²) < 4.78 is 7.29. The molecule has 0 fully saturated rings. The number of rotatable bonds is 6. The lowest BCUT2D eigenvalue weighted by Gasteiger charge is -2.17. The van der Waals surface area contributed by atoms with Crippen LogP contribution < -0.4 is 5.32 Å². The van der Waals surface area contributed by atoms with Crippen LogP contribution in [0.2, 0.25) is 0 Å². The fourth-order valence-electron chi connectivity index (χ4n) is 1.63. The molecule has 0 amide bonds.